The topological polar surface area (TPSA) is 47.6 Å². The van der Waals surface area contributed by atoms with Crippen LogP contribution in [0.3, 0.4) is 0 Å². The van der Waals surface area contributed by atoms with Crippen LogP contribution in [-0.4, -0.2) is 12.5 Å². The lowest BCUT2D eigenvalue weighted by molar-refractivity contribution is -0.123. The van der Waals surface area contributed by atoms with Gasteiger partial charge in [0.2, 0.25) is 0 Å². The lowest BCUT2D eigenvalue weighted by Crippen LogP contribution is -2.34. The maximum atomic E-state index is 13.2. The van der Waals surface area contributed by atoms with Gasteiger partial charge in [0.1, 0.15) is 23.1 Å². The molecular formula is C21H16FNO3. The van der Waals surface area contributed by atoms with E-state index in [4.69, 9.17) is 9.47 Å². The van der Waals surface area contributed by atoms with E-state index in [0.29, 0.717) is 17.2 Å². The Balaban J connectivity index is 1.53. The average Bonchev–Trinajstić information content (AvgIpc) is 2.66. The fourth-order valence-electron chi connectivity index (χ4n) is 2.97. The van der Waals surface area contributed by atoms with Gasteiger partial charge in [0.15, 0.2) is 6.61 Å². The molecule has 0 aromatic heterocycles. The Hall–Kier alpha value is -3.34. The number of hydrogen-bond acceptors (Lipinski definition) is 3. The number of carbonyl (C=O) groups excluding carboxylic acids is 1. The predicted molar refractivity (Wildman–Crippen MR) is 94.8 cm³/mol. The minimum absolute atomic E-state index is 0.203. The van der Waals surface area contributed by atoms with E-state index in [2.05, 4.69) is 5.32 Å². The summed E-state index contributed by atoms with van der Waals surface area (Å²) in [5.41, 5.74) is 1.76. The number of nitrogens with one attached hydrogen (secondary N) is 1. The van der Waals surface area contributed by atoms with Crippen molar-refractivity contribution in [3.8, 4) is 17.2 Å². The van der Waals surface area contributed by atoms with Gasteiger partial charge in [-0.15, -0.1) is 0 Å². The van der Waals surface area contributed by atoms with Crippen molar-refractivity contribution in [1.82, 2.24) is 5.32 Å². The van der Waals surface area contributed by atoms with Gasteiger partial charge in [-0.2, -0.15) is 0 Å². The van der Waals surface area contributed by atoms with Crippen LogP contribution < -0.4 is 14.8 Å². The molecule has 1 N–H and O–H groups in total. The van der Waals surface area contributed by atoms with Crippen molar-refractivity contribution in [3.05, 3.63) is 89.7 Å². The van der Waals surface area contributed by atoms with E-state index < -0.39 is 5.82 Å². The molecule has 0 radical (unpaired) electrons. The number of ether oxygens (including phenoxy) is 2. The third-order valence-corrected chi connectivity index (χ3v) is 4.15. The summed E-state index contributed by atoms with van der Waals surface area (Å²) in [7, 11) is 0. The second kappa shape index (κ2) is 6.88. The SMILES string of the molecule is O=C(COc1cccc(F)c1)NC1c2ccccc2Oc2ccccc21. The highest BCUT2D eigenvalue weighted by molar-refractivity contribution is 5.79. The van der Waals surface area contributed by atoms with Gasteiger partial charge in [-0.3, -0.25) is 4.79 Å². The maximum absolute atomic E-state index is 13.2. The fourth-order valence-corrected chi connectivity index (χ4v) is 2.97. The molecule has 0 bridgehead atoms. The van der Waals surface area contributed by atoms with Crippen molar-refractivity contribution in [2.45, 2.75) is 6.04 Å². The fraction of sp³-hybridized carbons (Fsp3) is 0.0952. The number of carbonyl (C=O) groups is 1. The van der Waals surface area contributed by atoms with Crippen LogP contribution in [0.2, 0.25) is 0 Å². The normalized spacial score (nSPS) is 12.5. The van der Waals surface area contributed by atoms with Crippen molar-refractivity contribution in [3.63, 3.8) is 0 Å². The Labute approximate surface area is 150 Å². The van der Waals surface area contributed by atoms with Crippen LogP contribution >= 0.6 is 0 Å². The Morgan fingerprint density at radius 3 is 2.27 bits per heavy atom. The first-order valence-electron chi connectivity index (χ1n) is 8.24. The molecule has 26 heavy (non-hydrogen) atoms. The molecule has 0 unspecified atom stereocenters. The number of halogens is 1. The van der Waals surface area contributed by atoms with Crippen molar-refractivity contribution in [2.75, 3.05) is 6.61 Å². The number of fused-ring (bicyclic) bond motifs is 2. The number of para-hydroxylation sites is 2. The summed E-state index contributed by atoms with van der Waals surface area (Å²) in [6, 6.07) is 20.5. The molecule has 5 heteroatoms. The molecule has 3 aromatic carbocycles. The first-order valence-corrected chi connectivity index (χ1v) is 8.24. The van der Waals surface area contributed by atoms with Crippen molar-refractivity contribution < 1.29 is 18.7 Å². The molecule has 0 atom stereocenters. The second-order valence-corrected chi connectivity index (χ2v) is 5.92. The molecule has 1 heterocycles. The van der Waals surface area contributed by atoms with Crippen molar-refractivity contribution in [1.29, 1.82) is 0 Å². The molecule has 0 fully saturated rings. The van der Waals surface area contributed by atoms with Crippen LogP contribution in [0.1, 0.15) is 17.2 Å². The van der Waals surface area contributed by atoms with Gasteiger partial charge >= 0.3 is 0 Å². The van der Waals surface area contributed by atoms with Crippen LogP contribution in [0.15, 0.2) is 72.8 Å². The van der Waals surface area contributed by atoms with Gasteiger partial charge in [0.05, 0.1) is 6.04 Å². The molecule has 4 nitrogen and oxygen atoms in total. The lowest BCUT2D eigenvalue weighted by Gasteiger charge is -2.28. The Morgan fingerprint density at radius 1 is 0.962 bits per heavy atom. The molecular weight excluding hydrogens is 333 g/mol. The van der Waals surface area contributed by atoms with Crippen LogP contribution in [0, 0.1) is 5.82 Å². The van der Waals surface area contributed by atoms with Crippen LogP contribution in [0.25, 0.3) is 0 Å². The third kappa shape index (κ3) is 3.24. The largest absolute Gasteiger partial charge is 0.484 e. The monoisotopic (exact) mass is 349 g/mol. The molecule has 1 aliphatic heterocycles. The number of rotatable bonds is 4. The molecule has 0 spiro atoms. The summed E-state index contributed by atoms with van der Waals surface area (Å²) < 4.78 is 24.5. The predicted octanol–water partition coefficient (Wildman–Crippen LogP) is 4.22. The van der Waals surface area contributed by atoms with E-state index in [9.17, 15) is 9.18 Å². The van der Waals surface area contributed by atoms with Crippen LogP contribution in [0.4, 0.5) is 4.39 Å². The molecule has 1 amide bonds. The van der Waals surface area contributed by atoms with Crippen LogP contribution in [-0.2, 0) is 4.79 Å². The minimum Gasteiger partial charge on any atom is -0.484 e. The lowest BCUT2D eigenvalue weighted by atomic mass is 9.94. The summed E-state index contributed by atoms with van der Waals surface area (Å²) in [6.07, 6.45) is 0. The molecule has 3 aromatic rings. The molecule has 130 valence electrons. The molecule has 0 saturated carbocycles. The Bertz CT molecular complexity index is 912. The van der Waals surface area contributed by atoms with Gasteiger partial charge in [0.25, 0.3) is 5.91 Å². The van der Waals surface area contributed by atoms with Gasteiger partial charge in [-0.1, -0.05) is 42.5 Å². The van der Waals surface area contributed by atoms with Crippen LogP contribution in [0.5, 0.6) is 17.2 Å². The highest BCUT2D eigenvalue weighted by Gasteiger charge is 2.28. The van der Waals surface area contributed by atoms with E-state index in [-0.39, 0.29) is 18.6 Å². The molecule has 0 aliphatic carbocycles. The number of amides is 1. The van der Waals surface area contributed by atoms with Gasteiger partial charge in [-0.25, -0.2) is 4.39 Å². The quantitative estimate of drug-likeness (QED) is 0.767. The van der Waals surface area contributed by atoms with E-state index in [1.807, 2.05) is 48.5 Å². The number of hydrogen-bond donors (Lipinski definition) is 1. The van der Waals surface area contributed by atoms with E-state index in [1.54, 1.807) is 6.07 Å². The first-order chi connectivity index (χ1) is 12.7. The number of benzene rings is 3. The van der Waals surface area contributed by atoms with Crippen molar-refractivity contribution in [2.24, 2.45) is 0 Å². The average molecular weight is 349 g/mol. The summed E-state index contributed by atoms with van der Waals surface area (Å²) in [4.78, 5) is 12.4. The highest BCUT2D eigenvalue weighted by Crippen LogP contribution is 2.42. The summed E-state index contributed by atoms with van der Waals surface area (Å²) >= 11 is 0. The standard InChI is InChI=1S/C21H16FNO3/c22-14-6-5-7-15(12-14)25-13-20(24)23-21-16-8-1-3-10-18(16)26-19-11-4-2-9-17(19)21/h1-12,21H,13H2,(H,23,24). The minimum atomic E-state index is -0.407. The Morgan fingerprint density at radius 2 is 1.62 bits per heavy atom. The zero-order chi connectivity index (χ0) is 17.9. The molecule has 0 saturated heterocycles. The maximum Gasteiger partial charge on any atom is 0.258 e. The van der Waals surface area contributed by atoms with E-state index >= 15 is 0 Å². The molecule has 1 aliphatic rings. The smallest absolute Gasteiger partial charge is 0.258 e. The summed E-state index contributed by atoms with van der Waals surface area (Å²) in [6.45, 7) is -0.203. The Kier molecular flexibility index (Phi) is 4.27. The van der Waals surface area contributed by atoms with E-state index in [0.717, 1.165) is 11.1 Å². The summed E-state index contributed by atoms with van der Waals surface area (Å²) in [5, 5.41) is 2.98. The van der Waals surface area contributed by atoms with Gasteiger partial charge in [0, 0.05) is 17.2 Å². The first kappa shape index (κ1) is 16.1. The third-order valence-electron chi connectivity index (χ3n) is 4.15. The van der Waals surface area contributed by atoms with Gasteiger partial charge < -0.3 is 14.8 Å². The highest BCUT2D eigenvalue weighted by atomic mass is 19.1. The second-order valence-electron chi connectivity index (χ2n) is 5.92. The zero-order valence-electron chi connectivity index (χ0n) is 13.8. The van der Waals surface area contributed by atoms with Gasteiger partial charge in [-0.05, 0) is 24.3 Å². The van der Waals surface area contributed by atoms with E-state index in [1.165, 1.54) is 18.2 Å². The van der Waals surface area contributed by atoms with Crippen molar-refractivity contribution >= 4 is 5.91 Å². The summed E-state index contributed by atoms with van der Waals surface area (Å²) in [5.74, 6) is 1.03. The molecule has 4 rings (SSSR count). The zero-order valence-corrected chi connectivity index (χ0v) is 13.8.